The van der Waals surface area contributed by atoms with E-state index < -0.39 is 21.5 Å². The predicted octanol–water partition coefficient (Wildman–Crippen LogP) is 2.90. The van der Waals surface area contributed by atoms with E-state index in [1.807, 2.05) is 37.4 Å². The van der Waals surface area contributed by atoms with Gasteiger partial charge in [0.25, 0.3) is 0 Å². The summed E-state index contributed by atoms with van der Waals surface area (Å²) in [5.41, 5.74) is -0.899. The van der Waals surface area contributed by atoms with Gasteiger partial charge < -0.3 is 19.3 Å². The maximum absolute atomic E-state index is 11.8. The Morgan fingerprint density at radius 2 is 1.40 bits per heavy atom. The van der Waals surface area contributed by atoms with Crippen molar-refractivity contribution >= 4 is 33.8 Å². The first kappa shape index (κ1) is 23.5. The molecule has 4 saturated heterocycles. The van der Waals surface area contributed by atoms with Crippen molar-refractivity contribution in [1.82, 2.24) is 9.80 Å². The van der Waals surface area contributed by atoms with Crippen molar-refractivity contribution in [3.8, 4) is 0 Å². The van der Waals surface area contributed by atoms with Crippen LogP contribution in [0.15, 0.2) is 0 Å². The summed E-state index contributed by atoms with van der Waals surface area (Å²) in [6, 6.07) is 0.254. The SMILES string of the molecule is CC(C)(C)OC(=O)N1C[C@@H]2C[C@H]1CS2.CC(C)(C)OC(=O)N1C[C@@H]2C[C@H]1CS2(=O)=O. The number of carbonyl (C=O) groups excluding carboxylic acids is 2. The number of likely N-dealkylation sites (tertiary alicyclic amines) is 2. The molecule has 4 aliphatic rings. The van der Waals surface area contributed by atoms with E-state index in [4.69, 9.17) is 9.47 Å². The van der Waals surface area contributed by atoms with E-state index in [0.29, 0.717) is 24.3 Å². The molecular weight excluding hydrogens is 428 g/mol. The quantitative estimate of drug-likeness (QED) is 0.546. The normalized spacial score (nSPS) is 31.4. The maximum atomic E-state index is 11.8. The summed E-state index contributed by atoms with van der Waals surface area (Å²) < 4.78 is 33.6. The van der Waals surface area contributed by atoms with Crippen LogP contribution in [0.1, 0.15) is 54.4 Å². The summed E-state index contributed by atoms with van der Waals surface area (Å²) in [5, 5.41) is 0.289. The highest BCUT2D eigenvalue weighted by Crippen LogP contribution is 2.38. The molecule has 0 radical (unpaired) electrons. The van der Waals surface area contributed by atoms with Crippen molar-refractivity contribution in [3.05, 3.63) is 0 Å². The maximum Gasteiger partial charge on any atom is 0.410 e. The van der Waals surface area contributed by atoms with Crippen molar-refractivity contribution in [1.29, 1.82) is 0 Å². The van der Waals surface area contributed by atoms with Gasteiger partial charge in [-0.3, -0.25) is 0 Å². The zero-order valence-electron chi connectivity index (χ0n) is 18.7. The molecule has 4 aliphatic heterocycles. The van der Waals surface area contributed by atoms with Gasteiger partial charge in [0.1, 0.15) is 11.2 Å². The van der Waals surface area contributed by atoms with Gasteiger partial charge in [-0.25, -0.2) is 18.0 Å². The standard InChI is InChI=1S/C10H17NO4S.C10H17NO2S/c1-10(2,3)15-9(12)11-5-8-4-7(11)6-16(8,13)14;1-10(2,3)13-9(12)11-5-8-4-7(11)6-14-8/h7-8H,4-6H2,1-3H3;7-8H,4-6H2,1-3H3/t2*7-,8-/m00/s1. The minimum absolute atomic E-state index is 0.0942. The summed E-state index contributed by atoms with van der Waals surface area (Å²) in [5.74, 6) is 1.18. The van der Waals surface area contributed by atoms with E-state index in [-0.39, 0.29) is 28.7 Å². The van der Waals surface area contributed by atoms with E-state index in [1.165, 1.54) is 0 Å². The Bertz CT molecular complexity index is 786. The average Bonchev–Trinajstić information content (AvgIpc) is 3.30. The lowest BCUT2D eigenvalue weighted by Crippen LogP contribution is -2.46. The number of hydrogen-bond acceptors (Lipinski definition) is 7. The molecule has 0 N–H and O–H groups in total. The van der Waals surface area contributed by atoms with Crippen LogP contribution < -0.4 is 0 Å². The fourth-order valence-corrected chi connectivity index (χ4v) is 7.65. The number of carbonyl (C=O) groups is 2. The number of hydrogen-bond donors (Lipinski definition) is 0. The van der Waals surface area contributed by atoms with Gasteiger partial charge in [0.05, 0.1) is 17.0 Å². The molecule has 4 atom stereocenters. The van der Waals surface area contributed by atoms with Crippen molar-refractivity contribution in [3.63, 3.8) is 0 Å². The number of rotatable bonds is 0. The Labute approximate surface area is 183 Å². The van der Waals surface area contributed by atoms with E-state index in [9.17, 15) is 18.0 Å². The summed E-state index contributed by atoms with van der Waals surface area (Å²) in [6.07, 6.45) is 1.20. The van der Waals surface area contributed by atoms with Gasteiger partial charge >= 0.3 is 12.2 Å². The smallest absolute Gasteiger partial charge is 0.410 e. The highest BCUT2D eigenvalue weighted by molar-refractivity contribution is 8.00. The fourth-order valence-electron chi connectivity index (χ4n) is 4.18. The monoisotopic (exact) mass is 462 g/mol. The molecule has 8 nitrogen and oxygen atoms in total. The molecule has 4 heterocycles. The minimum atomic E-state index is -2.95. The average molecular weight is 463 g/mol. The molecule has 2 amide bonds. The summed E-state index contributed by atoms with van der Waals surface area (Å²) in [7, 11) is -2.95. The van der Waals surface area contributed by atoms with Gasteiger partial charge in [0, 0.05) is 30.1 Å². The first-order chi connectivity index (χ1) is 13.6. The van der Waals surface area contributed by atoms with Crippen LogP contribution in [-0.4, -0.2) is 88.8 Å². The first-order valence-electron chi connectivity index (χ1n) is 10.5. The molecular formula is C20H34N2O6S2. The van der Waals surface area contributed by atoms with Crippen LogP contribution >= 0.6 is 11.8 Å². The second-order valence-corrected chi connectivity index (χ2v) is 14.1. The Balaban J connectivity index is 0.000000172. The van der Waals surface area contributed by atoms with Crippen LogP contribution in [0.3, 0.4) is 0 Å². The van der Waals surface area contributed by atoms with Crippen molar-refractivity contribution in [2.24, 2.45) is 0 Å². The Kier molecular flexibility index (Phi) is 6.33. The number of nitrogens with zero attached hydrogens (tertiary/aromatic N) is 2. The summed E-state index contributed by atoms with van der Waals surface area (Å²) >= 11 is 1.98. The van der Waals surface area contributed by atoms with Gasteiger partial charge in [-0.15, -0.1) is 0 Å². The van der Waals surface area contributed by atoms with Crippen LogP contribution in [0.25, 0.3) is 0 Å². The zero-order chi connectivity index (χ0) is 22.5. The van der Waals surface area contributed by atoms with Gasteiger partial charge in [-0.1, -0.05) is 0 Å². The van der Waals surface area contributed by atoms with Gasteiger partial charge in [-0.2, -0.15) is 11.8 Å². The first-order valence-corrected chi connectivity index (χ1v) is 13.2. The molecule has 10 heteroatoms. The molecule has 4 rings (SSSR count). The Hall–Kier alpha value is -1.16. The van der Waals surface area contributed by atoms with Crippen molar-refractivity contribution in [2.45, 2.75) is 88.2 Å². The van der Waals surface area contributed by atoms with Crippen LogP contribution in [0, 0.1) is 0 Å². The molecule has 0 unspecified atom stereocenters. The fraction of sp³-hybridized carbons (Fsp3) is 0.900. The highest BCUT2D eigenvalue weighted by atomic mass is 32.2. The third kappa shape index (κ3) is 5.55. The predicted molar refractivity (Wildman–Crippen MR) is 117 cm³/mol. The minimum Gasteiger partial charge on any atom is -0.444 e. The zero-order valence-corrected chi connectivity index (χ0v) is 20.3. The molecule has 0 aromatic heterocycles. The third-order valence-electron chi connectivity index (χ3n) is 5.47. The largest absolute Gasteiger partial charge is 0.444 e. The number of thioether (sulfide) groups is 1. The second kappa shape index (κ2) is 8.07. The third-order valence-corrected chi connectivity index (χ3v) is 9.06. The van der Waals surface area contributed by atoms with Gasteiger partial charge in [0.15, 0.2) is 9.84 Å². The van der Waals surface area contributed by atoms with Crippen LogP contribution in [0.4, 0.5) is 9.59 Å². The molecule has 0 saturated carbocycles. The van der Waals surface area contributed by atoms with Crippen LogP contribution in [0.5, 0.6) is 0 Å². The van der Waals surface area contributed by atoms with Crippen molar-refractivity contribution in [2.75, 3.05) is 24.6 Å². The molecule has 0 spiro atoms. The number of sulfone groups is 1. The van der Waals surface area contributed by atoms with Crippen molar-refractivity contribution < 1.29 is 27.5 Å². The molecule has 0 aromatic rings. The van der Waals surface area contributed by atoms with E-state index in [1.54, 1.807) is 25.7 Å². The topological polar surface area (TPSA) is 93.2 Å². The highest BCUT2D eigenvalue weighted by Gasteiger charge is 2.51. The van der Waals surface area contributed by atoms with Crippen LogP contribution in [-0.2, 0) is 19.3 Å². The molecule has 30 heavy (non-hydrogen) atoms. The lowest BCUT2D eigenvalue weighted by atomic mass is 10.2. The number of fused-ring (bicyclic) bond motifs is 4. The molecule has 4 bridgehead atoms. The van der Waals surface area contributed by atoms with Gasteiger partial charge in [-0.05, 0) is 54.4 Å². The van der Waals surface area contributed by atoms with Crippen LogP contribution in [0.2, 0.25) is 0 Å². The van der Waals surface area contributed by atoms with E-state index in [0.717, 1.165) is 18.7 Å². The van der Waals surface area contributed by atoms with E-state index >= 15 is 0 Å². The summed E-state index contributed by atoms with van der Waals surface area (Å²) in [4.78, 5) is 27.0. The molecule has 0 aliphatic carbocycles. The lowest BCUT2D eigenvalue weighted by molar-refractivity contribution is 0.0227. The number of ether oxygens (including phenoxy) is 2. The lowest BCUT2D eigenvalue weighted by Gasteiger charge is -2.29. The summed E-state index contributed by atoms with van der Waals surface area (Å²) in [6.45, 7) is 12.3. The molecule has 4 fully saturated rings. The molecule has 0 aromatic carbocycles. The Morgan fingerprint density at radius 1 is 0.867 bits per heavy atom. The number of amides is 2. The molecule has 172 valence electrons. The Morgan fingerprint density at radius 3 is 1.73 bits per heavy atom. The second-order valence-electron chi connectivity index (χ2n) is 10.5. The van der Waals surface area contributed by atoms with E-state index in [2.05, 4.69) is 0 Å². The van der Waals surface area contributed by atoms with Gasteiger partial charge in [0.2, 0.25) is 0 Å².